The van der Waals surface area contributed by atoms with Crippen molar-refractivity contribution in [3.8, 4) is 0 Å². The third kappa shape index (κ3) is 3.78. The van der Waals surface area contributed by atoms with Crippen LogP contribution in [0.15, 0.2) is 6.20 Å². The zero-order valence-corrected chi connectivity index (χ0v) is 11.2. The van der Waals surface area contributed by atoms with Crippen LogP contribution in [0, 0.1) is 0 Å². The summed E-state index contributed by atoms with van der Waals surface area (Å²) in [5.41, 5.74) is 0.0607. The number of carbonyl (C=O) groups excluding carboxylic acids is 2. The molecule has 20 heavy (non-hydrogen) atoms. The zero-order chi connectivity index (χ0) is 14.4. The normalized spacial score (nSPS) is 18.6. The molecule has 0 amide bonds. The minimum Gasteiger partial charge on any atom is -0.458 e. The van der Waals surface area contributed by atoms with Crippen molar-refractivity contribution in [1.29, 1.82) is 0 Å². The van der Waals surface area contributed by atoms with Crippen LogP contribution in [0.4, 0.5) is 0 Å². The molecule has 0 saturated heterocycles. The van der Waals surface area contributed by atoms with Gasteiger partial charge < -0.3 is 23.5 Å². The Morgan fingerprint density at radius 2 is 1.50 bits per heavy atom. The summed E-state index contributed by atoms with van der Waals surface area (Å²) < 4.78 is 21.8. The third-order valence-electron chi connectivity index (χ3n) is 2.56. The summed E-state index contributed by atoms with van der Waals surface area (Å²) >= 11 is 0. The Kier molecular flexibility index (Phi) is 5.08. The molecule has 8 heteroatoms. The second kappa shape index (κ2) is 7.01. The van der Waals surface area contributed by atoms with Crippen molar-refractivity contribution in [2.75, 3.05) is 39.6 Å². The zero-order valence-electron chi connectivity index (χ0n) is 11.2. The Morgan fingerprint density at radius 3 is 2.15 bits per heavy atom. The minimum absolute atomic E-state index is 0.0445. The van der Waals surface area contributed by atoms with Gasteiger partial charge in [-0.15, -0.1) is 0 Å². The molecule has 2 rings (SSSR count). The molecule has 0 fully saturated rings. The van der Waals surface area contributed by atoms with Crippen LogP contribution in [0.25, 0.3) is 0 Å². The Morgan fingerprint density at radius 1 is 0.950 bits per heavy atom. The maximum Gasteiger partial charge on any atom is 0.374 e. The van der Waals surface area contributed by atoms with Gasteiger partial charge in [0.2, 0.25) is 5.82 Å². The number of rotatable bonds is 0. The lowest BCUT2D eigenvalue weighted by molar-refractivity contribution is 0.00229. The monoisotopic (exact) mass is 284 g/mol. The highest BCUT2D eigenvalue weighted by Gasteiger charge is 2.20. The number of carbonyl (C=O) groups is 2. The van der Waals surface area contributed by atoms with Crippen molar-refractivity contribution < 1.29 is 28.5 Å². The number of hydrogen-bond donors (Lipinski definition) is 0. The van der Waals surface area contributed by atoms with Crippen LogP contribution in [-0.2, 0) is 26.0 Å². The number of ether oxygens (including phenoxy) is 4. The fourth-order valence-corrected chi connectivity index (χ4v) is 1.60. The molecule has 2 heterocycles. The van der Waals surface area contributed by atoms with Crippen molar-refractivity contribution in [3.05, 3.63) is 17.7 Å². The van der Waals surface area contributed by atoms with E-state index in [-0.39, 0.29) is 37.9 Å². The fourth-order valence-electron chi connectivity index (χ4n) is 1.60. The van der Waals surface area contributed by atoms with E-state index < -0.39 is 11.9 Å². The van der Waals surface area contributed by atoms with E-state index in [0.29, 0.717) is 13.2 Å². The van der Waals surface area contributed by atoms with Crippen LogP contribution in [0.2, 0.25) is 0 Å². The van der Waals surface area contributed by atoms with Crippen LogP contribution in [0.3, 0.4) is 0 Å². The van der Waals surface area contributed by atoms with Crippen LogP contribution < -0.4 is 0 Å². The average Bonchev–Trinajstić information content (AvgIpc) is 2.81. The molecule has 1 aromatic heterocycles. The molecule has 8 nitrogen and oxygen atoms in total. The Balaban J connectivity index is 2.09. The smallest absolute Gasteiger partial charge is 0.374 e. The van der Waals surface area contributed by atoms with Crippen LogP contribution in [0.1, 0.15) is 21.1 Å². The van der Waals surface area contributed by atoms with Crippen LogP contribution in [0.5, 0.6) is 0 Å². The van der Waals surface area contributed by atoms with Gasteiger partial charge in [-0.3, -0.25) is 0 Å². The molecule has 0 spiro atoms. The highest BCUT2D eigenvalue weighted by Crippen LogP contribution is 2.05. The molecule has 2 bridgehead atoms. The van der Waals surface area contributed by atoms with E-state index in [1.54, 1.807) is 7.05 Å². The maximum atomic E-state index is 11.8. The first-order valence-corrected chi connectivity index (χ1v) is 6.21. The van der Waals surface area contributed by atoms with E-state index in [0.717, 1.165) is 0 Å². The van der Waals surface area contributed by atoms with Gasteiger partial charge in [-0.25, -0.2) is 14.6 Å². The molecule has 1 aliphatic heterocycles. The van der Waals surface area contributed by atoms with Gasteiger partial charge in [0, 0.05) is 13.2 Å². The van der Waals surface area contributed by atoms with Gasteiger partial charge in [0.25, 0.3) is 0 Å². The number of imidazole rings is 1. The lowest BCUT2D eigenvalue weighted by atomic mass is 10.5. The summed E-state index contributed by atoms with van der Waals surface area (Å²) in [4.78, 5) is 27.4. The highest BCUT2D eigenvalue weighted by molar-refractivity contribution is 5.91. The summed E-state index contributed by atoms with van der Waals surface area (Å²) in [7, 11) is 1.60. The third-order valence-corrected chi connectivity index (χ3v) is 2.56. The Labute approximate surface area is 115 Å². The molecule has 0 unspecified atom stereocenters. The predicted octanol–water partition coefficient (Wildman–Crippen LogP) is -0.219. The first-order chi connectivity index (χ1) is 9.68. The molecule has 0 N–H and O–H groups in total. The first-order valence-electron chi connectivity index (χ1n) is 6.21. The topological polar surface area (TPSA) is 88.9 Å². The standard InChI is InChI=1S/C12H16N2O6/c1-14-8-9-11(15)19-6-4-17-2-3-18-5-7-20-12(16)10(14)13-9/h8H,2-7H2,1H3. The molecular weight excluding hydrogens is 268 g/mol. The molecule has 0 aromatic carbocycles. The van der Waals surface area contributed by atoms with Gasteiger partial charge in [-0.05, 0) is 0 Å². The van der Waals surface area contributed by atoms with Crippen molar-refractivity contribution in [1.82, 2.24) is 9.55 Å². The van der Waals surface area contributed by atoms with Crippen molar-refractivity contribution >= 4 is 11.9 Å². The lowest BCUT2D eigenvalue weighted by Gasteiger charge is -2.07. The number of aryl methyl sites for hydroxylation is 1. The number of hydrogen-bond acceptors (Lipinski definition) is 7. The SMILES string of the molecule is Cn1cc2nc1C(=O)OCCOCCOCCOC2=O. The van der Waals surface area contributed by atoms with E-state index in [1.165, 1.54) is 10.8 Å². The summed E-state index contributed by atoms with van der Waals surface area (Å²) in [6, 6.07) is 0. The van der Waals surface area contributed by atoms with E-state index in [1.807, 2.05) is 0 Å². The summed E-state index contributed by atoms with van der Waals surface area (Å²) in [5.74, 6) is -1.17. The summed E-state index contributed by atoms with van der Waals surface area (Å²) in [5, 5.41) is 0. The van der Waals surface area contributed by atoms with E-state index in [9.17, 15) is 9.59 Å². The molecular formula is C12H16N2O6. The average molecular weight is 284 g/mol. The number of fused-ring (bicyclic) bond motifs is 2. The second-order valence-corrected chi connectivity index (χ2v) is 4.06. The van der Waals surface area contributed by atoms with Gasteiger partial charge in [0.15, 0.2) is 5.69 Å². The van der Waals surface area contributed by atoms with Crippen molar-refractivity contribution in [2.45, 2.75) is 0 Å². The molecule has 0 saturated carbocycles. The highest BCUT2D eigenvalue weighted by atomic mass is 16.6. The Hall–Kier alpha value is -1.93. The van der Waals surface area contributed by atoms with Gasteiger partial charge in [-0.2, -0.15) is 0 Å². The van der Waals surface area contributed by atoms with Crippen LogP contribution in [-0.4, -0.2) is 61.1 Å². The molecule has 1 aliphatic rings. The summed E-state index contributed by atoms with van der Waals surface area (Å²) in [6.45, 7) is 1.57. The molecule has 0 radical (unpaired) electrons. The van der Waals surface area contributed by atoms with E-state index >= 15 is 0 Å². The minimum atomic E-state index is -0.610. The number of nitrogens with zero attached hydrogens (tertiary/aromatic N) is 2. The maximum absolute atomic E-state index is 11.8. The molecule has 1 aromatic rings. The number of esters is 2. The fraction of sp³-hybridized carbons (Fsp3) is 0.583. The summed E-state index contributed by atoms with van der Waals surface area (Å²) in [6.07, 6.45) is 1.42. The lowest BCUT2D eigenvalue weighted by Crippen LogP contribution is -2.16. The van der Waals surface area contributed by atoms with Gasteiger partial charge in [0.05, 0.1) is 26.4 Å². The second-order valence-electron chi connectivity index (χ2n) is 4.06. The van der Waals surface area contributed by atoms with Crippen molar-refractivity contribution in [2.24, 2.45) is 7.05 Å². The van der Waals surface area contributed by atoms with E-state index in [4.69, 9.17) is 18.9 Å². The van der Waals surface area contributed by atoms with Gasteiger partial charge >= 0.3 is 11.9 Å². The van der Waals surface area contributed by atoms with Gasteiger partial charge in [0.1, 0.15) is 13.2 Å². The quantitative estimate of drug-likeness (QED) is 0.608. The largest absolute Gasteiger partial charge is 0.458 e. The van der Waals surface area contributed by atoms with E-state index in [2.05, 4.69) is 4.98 Å². The molecule has 0 aliphatic carbocycles. The van der Waals surface area contributed by atoms with Gasteiger partial charge in [-0.1, -0.05) is 0 Å². The molecule has 0 atom stereocenters. The number of aromatic nitrogens is 2. The molecule has 110 valence electrons. The van der Waals surface area contributed by atoms with Crippen LogP contribution >= 0.6 is 0 Å². The van der Waals surface area contributed by atoms with Crippen molar-refractivity contribution in [3.63, 3.8) is 0 Å². The Bertz CT molecular complexity index is 484. The predicted molar refractivity (Wildman–Crippen MR) is 65.4 cm³/mol. The number of cyclic esters (lactones) is 2. The first kappa shape index (κ1) is 14.5.